The number of methoxy groups -OCH3 is 1. The third-order valence-electron chi connectivity index (χ3n) is 2.36. The van der Waals surface area contributed by atoms with Gasteiger partial charge in [0.25, 0.3) is 0 Å². The summed E-state index contributed by atoms with van der Waals surface area (Å²) >= 11 is 0. The van der Waals surface area contributed by atoms with E-state index in [1.54, 1.807) is 6.07 Å². The molecule has 100 valence electrons. The number of benzene rings is 1. The van der Waals surface area contributed by atoms with Crippen LogP contribution < -0.4 is 5.32 Å². The first-order valence-electron chi connectivity index (χ1n) is 5.80. The summed E-state index contributed by atoms with van der Waals surface area (Å²) in [5.74, 6) is -1.28. The largest absolute Gasteiger partial charge is 0.465 e. The third kappa shape index (κ3) is 4.00. The number of ether oxygens (including phenoxy) is 2. The van der Waals surface area contributed by atoms with Crippen molar-refractivity contribution in [2.24, 2.45) is 0 Å². The highest BCUT2D eigenvalue weighted by Crippen LogP contribution is 2.16. The Balaban J connectivity index is 2.75. The van der Waals surface area contributed by atoms with Gasteiger partial charge in [-0.3, -0.25) is 0 Å². The topological polar surface area (TPSA) is 47.6 Å². The Labute approximate surface area is 106 Å². The van der Waals surface area contributed by atoms with Crippen molar-refractivity contribution < 1.29 is 18.7 Å². The number of nitrogens with one attached hydrogen (secondary N) is 1. The van der Waals surface area contributed by atoms with Gasteiger partial charge < -0.3 is 14.8 Å². The van der Waals surface area contributed by atoms with E-state index >= 15 is 0 Å². The summed E-state index contributed by atoms with van der Waals surface area (Å²) in [6.45, 7) is 5.04. The molecule has 0 aromatic heterocycles. The Kier molecular flexibility index (Phi) is 5.58. The fourth-order valence-electron chi connectivity index (χ4n) is 1.50. The number of carbonyl (C=O) groups is 1. The van der Waals surface area contributed by atoms with E-state index in [9.17, 15) is 9.18 Å². The number of hydrogen-bond acceptors (Lipinski definition) is 4. The predicted molar refractivity (Wildman–Crippen MR) is 67.3 cm³/mol. The maximum atomic E-state index is 13.4. The van der Waals surface area contributed by atoms with Crippen LogP contribution in [0.15, 0.2) is 18.2 Å². The number of anilines is 1. The lowest BCUT2D eigenvalue weighted by molar-refractivity contribution is 0.0595. The van der Waals surface area contributed by atoms with E-state index in [1.807, 2.05) is 13.8 Å². The van der Waals surface area contributed by atoms with Crippen LogP contribution in [-0.2, 0) is 9.47 Å². The molecule has 0 fully saturated rings. The molecule has 1 unspecified atom stereocenters. The van der Waals surface area contributed by atoms with Crippen molar-refractivity contribution in [2.45, 2.75) is 19.9 Å². The second-order valence-electron chi connectivity index (χ2n) is 3.89. The maximum absolute atomic E-state index is 13.4. The molecule has 0 saturated heterocycles. The van der Waals surface area contributed by atoms with Gasteiger partial charge in [-0.05, 0) is 32.0 Å². The molecule has 1 N–H and O–H groups in total. The number of halogens is 1. The highest BCUT2D eigenvalue weighted by atomic mass is 19.1. The van der Waals surface area contributed by atoms with Gasteiger partial charge >= 0.3 is 5.97 Å². The van der Waals surface area contributed by atoms with Crippen molar-refractivity contribution >= 4 is 11.7 Å². The third-order valence-corrected chi connectivity index (χ3v) is 2.36. The molecule has 1 rings (SSSR count). The second kappa shape index (κ2) is 6.96. The van der Waals surface area contributed by atoms with E-state index in [4.69, 9.17) is 4.74 Å². The van der Waals surface area contributed by atoms with Gasteiger partial charge in [0, 0.05) is 18.3 Å². The van der Waals surface area contributed by atoms with Crippen LogP contribution in [0.25, 0.3) is 0 Å². The van der Waals surface area contributed by atoms with Crippen molar-refractivity contribution in [1.29, 1.82) is 0 Å². The van der Waals surface area contributed by atoms with E-state index in [0.29, 0.717) is 18.9 Å². The molecule has 0 bridgehead atoms. The van der Waals surface area contributed by atoms with Crippen molar-refractivity contribution in [1.82, 2.24) is 0 Å². The monoisotopic (exact) mass is 255 g/mol. The fourth-order valence-corrected chi connectivity index (χ4v) is 1.50. The Morgan fingerprint density at radius 3 is 2.83 bits per heavy atom. The van der Waals surface area contributed by atoms with E-state index in [1.165, 1.54) is 19.2 Å². The second-order valence-corrected chi connectivity index (χ2v) is 3.89. The molecule has 1 atom stereocenters. The molecular weight excluding hydrogens is 237 g/mol. The zero-order valence-corrected chi connectivity index (χ0v) is 10.8. The molecule has 0 saturated carbocycles. The smallest absolute Gasteiger partial charge is 0.340 e. The fraction of sp³-hybridized carbons (Fsp3) is 0.462. The Hall–Kier alpha value is -1.62. The van der Waals surface area contributed by atoms with Gasteiger partial charge in [0.15, 0.2) is 0 Å². The molecule has 1 aromatic rings. The molecule has 0 aliphatic carbocycles. The zero-order chi connectivity index (χ0) is 13.5. The summed E-state index contributed by atoms with van der Waals surface area (Å²) in [4.78, 5) is 11.3. The quantitative estimate of drug-likeness (QED) is 0.793. The number of hydrogen-bond donors (Lipinski definition) is 1. The molecular formula is C13H18FNO3. The highest BCUT2D eigenvalue weighted by Gasteiger charge is 2.13. The predicted octanol–water partition coefficient (Wildman–Crippen LogP) is 2.45. The summed E-state index contributed by atoms with van der Waals surface area (Å²) in [5, 5.41) is 3.12. The molecule has 0 spiro atoms. The van der Waals surface area contributed by atoms with Gasteiger partial charge in [0.2, 0.25) is 0 Å². The van der Waals surface area contributed by atoms with Gasteiger partial charge in [-0.15, -0.1) is 0 Å². The Morgan fingerprint density at radius 2 is 2.22 bits per heavy atom. The SMILES string of the molecule is CCOCC(C)Nc1ccc(F)c(C(=O)OC)c1. The molecule has 0 heterocycles. The van der Waals surface area contributed by atoms with Gasteiger partial charge in [-0.25, -0.2) is 9.18 Å². The first kappa shape index (κ1) is 14.4. The van der Waals surface area contributed by atoms with Gasteiger partial charge in [0.05, 0.1) is 19.3 Å². The highest BCUT2D eigenvalue weighted by molar-refractivity contribution is 5.90. The summed E-state index contributed by atoms with van der Waals surface area (Å²) in [5.41, 5.74) is 0.579. The number of rotatable bonds is 6. The average Bonchev–Trinajstić information content (AvgIpc) is 2.37. The van der Waals surface area contributed by atoms with Crippen molar-refractivity contribution in [3.05, 3.63) is 29.6 Å². The zero-order valence-electron chi connectivity index (χ0n) is 10.8. The molecule has 0 aliphatic heterocycles. The van der Waals surface area contributed by atoms with E-state index in [-0.39, 0.29) is 11.6 Å². The standard InChI is InChI=1S/C13H18FNO3/c1-4-18-8-9(2)15-10-5-6-12(14)11(7-10)13(16)17-3/h5-7,9,15H,4,8H2,1-3H3. The van der Waals surface area contributed by atoms with Gasteiger partial charge in [-0.2, -0.15) is 0 Å². The van der Waals surface area contributed by atoms with Crippen LogP contribution in [0.1, 0.15) is 24.2 Å². The van der Waals surface area contributed by atoms with Crippen LogP contribution in [0.2, 0.25) is 0 Å². The Morgan fingerprint density at radius 1 is 1.50 bits per heavy atom. The lowest BCUT2D eigenvalue weighted by atomic mass is 10.1. The van der Waals surface area contributed by atoms with Crippen LogP contribution in [-0.4, -0.2) is 32.3 Å². The number of carbonyl (C=O) groups excluding carboxylic acids is 1. The van der Waals surface area contributed by atoms with E-state index in [2.05, 4.69) is 10.1 Å². The van der Waals surface area contributed by atoms with Crippen molar-refractivity contribution in [3.8, 4) is 0 Å². The average molecular weight is 255 g/mol. The molecule has 0 aliphatic rings. The van der Waals surface area contributed by atoms with Crippen LogP contribution >= 0.6 is 0 Å². The summed E-state index contributed by atoms with van der Waals surface area (Å²) in [7, 11) is 1.22. The lowest BCUT2D eigenvalue weighted by Gasteiger charge is -2.15. The molecule has 5 heteroatoms. The minimum atomic E-state index is -0.686. The van der Waals surface area contributed by atoms with Gasteiger partial charge in [0.1, 0.15) is 5.82 Å². The van der Waals surface area contributed by atoms with Crippen LogP contribution in [0.5, 0.6) is 0 Å². The molecule has 1 aromatic carbocycles. The molecule has 0 radical (unpaired) electrons. The van der Waals surface area contributed by atoms with Crippen molar-refractivity contribution in [3.63, 3.8) is 0 Å². The minimum absolute atomic E-state index is 0.0703. The Bertz CT molecular complexity index is 409. The first-order valence-corrected chi connectivity index (χ1v) is 5.80. The number of esters is 1. The molecule has 4 nitrogen and oxygen atoms in total. The normalized spacial score (nSPS) is 12.0. The minimum Gasteiger partial charge on any atom is -0.465 e. The van der Waals surface area contributed by atoms with Gasteiger partial charge in [-0.1, -0.05) is 0 Å². The summed E-state index contributed by atoms with van der Waals surface area (Å²) in [6, 6.07) is 4.32. The first-order chi connectivity index (χ1) is 8.58. The summed E-state index contributed by atoms with van der Waals surface area (Å²) in [6.07, 6.45) is 0. The molecule has 0 amide bonds. The van der Waals surface area contributed by atoms with E-state index in [0.717, 1.165) is 0 Å². The van der Waals surface area contributed by atoms with Crippen LogP contribution in [0.3, 0.4) is 0 Å². The summed E-state index contributed by atoms with van der Waals surface area (Å²) < 4.78 is 23.2. The van der Waals surface area contributed by atoms with E-state index < -0.39 is 11.8 Å². The van der Waals surface area contributed by atoms with Crippen LogP contribution in [0, 0.1) is 5.82 Å². The molecule has 18 heavy (non-hydrogen) atoms. The maximum Gasteiger partial charge on any atom is 0.340 e. The lowest BCUT2D eigenvalue weighted by Crippen LogP contribution is -2.22. The van der Waals surface area contributed by atoms with Crippen molar-refractivity contribution in [2.75, 3.05) is 25.6 Å². The van der Waals surface area contributed by atoms with Crippen LogP contribution in [0.4, 0.5) is 10.1 Å².